The van der Waals surface area contributed by atoms with E-state index in [0.717, 1.165) is 11.8 Å². The molecule has 0 spiro atoms. The molecular formula is C17H18N2O5S. The molecule has 3 amide bonds. The van der Waals surface area contributed by atoms with Crippen molar-refractivity contribution in [3.05, 3.63) is 35.4 Å². The molecule has 0 bridgehead atoms. The van der Waals surface area contributed by atoms with Gasteiger partial charge in [-0.25, -0.2) is 4.79 Å². The first-order chi connectivity index (χ1) is 12.0. The number of hydrogen-bond donors (Lipinski definition) is 0. The van der Waals surface area contributed by atoms with Gasteiger partial charge in [-0.3, -0.25) is 19.3 Å². The molecule has 0 aromatic heterocycles. The molecule has 0 unspecified atom stereocenters. The van der Waals surface area contributed by atoms with Gasteiger partial charge in [-0.05, 0) is 25.0 Å². The first kappa shape index (κ1) is 17.5. The molecule has 2 heterocycles. The summed E-state index contributed by atoms with van der Waals surface area (Å²) in [4.78, 5) is 51.2. The zero-order valence-electron chi connectivity index (χ0n) is 13.8. The lowest BCUT2D eigenvalue weighted by Gasteiger charge is -2.35. The van der Waals surface area contributed by atoms with Gasteiger partial charge < -0.3 is 9.64 Å². The molecule has 0 saturated carbocycles. The maximum absolute atomic E-state index is 12.8. The maximum Gasteiger partial charge on any atom is 0.338 e. The summed E-state index contributed by atoms with van der Waals surface area (Å²) in [6.07, 6.45) is 1.09. The molecule has 132 valence electrons. The summed E-state index contributed by atoms with van der Waals surface area (Å²) in [7, 11) is 1.27. The molecule has 7 nitrogen and oxygen atoms in total. The summed E-state index contributed by atoms with van der Waals surface area (Å²) in [6, 6.07) is 6.38. The molecule has 0 radical (unpaired) electrons. The summed E-state index contributed by atoms with van der Waals surface area (Å²) in [5.41, 5.74) is 0.537. The minimum absolute atomic E-state index is 0.157. The number of rotatable bonds is 3. The Morgan fingerprint density at radius 3 is 2.32 bits per heavy atom. The fourth-order valence-corrected chi connectivity index (χ4v) is 3.95. The number of carbonyl (C=O) groups excluding carboxylic acids is 4. The van der Waals surface area contributed by atoms with E-state index in [4.69, 9.17) is 4.74 Å². The number of ether oxygens (including phenoxy) is 1. The third kappa shape index (κ3) is 3.39. The fourth-order valence-electron chi connectivity index (χ4n) is 3.17. The van der Waals surface area contributed by atoms with Gasteiger partial charge in [0.1, 0.15) is 0 Å². The van der Waals surface area contributed by atoms with Crippen LogP contribution in [0.1, 0.15) is 33.6 Å². The normalized spacial score (nSPS) is 18.6. The predicted octanol–water partition coefficient (Wildman–Crippen LogP) is 1.77. The Morgan fingerprint density at radius 2 is 1.76 bits per heavy atom. The molecule has 0 atom stereocenters. The van der Waals surface area contributed by atoms with Crippen LogP contribution in [-0.4, -0.2) is 64.8 Å². The van der Waals surface area contributed by atoms with Gasteiger partial charge in [0.25, 0.3) is 11.1 Å². The summed E-state index contributed by atoms with van der Waals surface area (Å²) >= 11 is 1.02. The zero-order valence-corrected chi connectivity index (χ0v) is 14.6. The fraction of sp³-hybridized carbons (Fsp3) is 0.412. The second-order valence-corrected chi connectivity index (χ2v) is 6.81. The molecule has 25 heavy (non-hydrogen) atoms. The molecule has 2 saturated heterocycles. The summed E-state index contributed by atoms with van der Waals surface area (Å²) in [5, 5.41) is -0.203. The van der Waals surface area contributed by atoms with Gasteiger partial charge >= 0.3 is 5.97 Å². The van der Waals surface area contributed by atoms with Crippen LogP contribution in [0.4, 0.5) is 4.79 Å². The standard InChI is InChI=1S/C17H18N2O5S/c1-24-16(22)13-5-3-2-4-12(13)15(21)18-8-6-11(7-9-18)19-14(20)10-25-17(19)23/h2-5,11H,6-10H2,1H3. The van der Waals surface area contributed by atoms with Crippen LogP contribution in [0.5, 0.6) is 0 Å². The van der Waals surface area contributed by atoms with Crippen molar-refractivity contribution < 1.29 is 23.9 Å². The number of methoxy groups -OCH3 is 1. The third-order valence-electron chi connectivity index (χ3n) is 4.46. The molecule has 3 rings (SSSR count). The number of carbonyl (C=O) groups is 4. The molecular weight excluding hydrogens is 344 g/mol. The number of hydrogen-bond acceptors (Lipinski definition) is 6. The number of likely N-dealkylation sites (tertiary alicyclic amines) is 1. The molecule has 1 aromatic rings. The van der Waals surface area contributed by atoms with Crippen molar-refractivity contribution in [1.82, 2.24) is 9.80 Å². The minimum Gasteiger partial charge on any atom is -0.465 e. The van der Waals surface area contributed by atoms with E-state index < -0.39 is 5.97 Å². The summed E-state index contributed by atoms with van der Waals surface area (Å²) < 4.78 is 4.73. The Kier molecular flexibility index (Phi) is 5.08. The Bertz CT molecular complexity index is 712. The van der Waals surface area contributed by atoms with Crippen molar-refractivity contribution in [2.75, 3.05) is 26.0 Å². The monoisotopic (exact) mass is 362 g/mol. The van der Waals surface area contributed by atoms with Crippen LogP contribution in [0, 0.1) is 0 Å². The SMILES string of the molecule is COC(=O)c1ccccc1C(=O)N1CCC(N2C(=O)CSC2=O)CC1. The van der Waals surface area contributed by atoms with Crippen LogP contribution in [0.15, 0.2) is 24.3 Å². The van der Waals surface area contributed by atoms with E-state index in [1.807, 2.05) is 0 Å². The Hall–Kier alpha value is -2.35. The molecule has 2 fully saturated rings. The molecule has 0 aliphatic carbocycles. The highest BCUT2D eigenvalue weighted by molar-refractivity contribution is 8.14. The number of nitrogens with zero attached hydrogens (tertiary/aromatic N) is 2. The Balaban J connectivity index is 1.69. The van der Waals surface area contributed by atoms with Crippen LogP contribution in [0.2, 0.25) is 0 Å². The second-order valence-electron chi connectivity index (χ2n) is 5.88. The van der Waals surface area contributed by atoms with Gasteiger partial charge in [-0.2, -0.15) is 0 Å². The minimum atomic E-state index is -0.552. The Morgan fingerprint density at radius 1 is 1.12 bits per heavy atom. The predicted molar refractivity (Wildman–Crippen MR) is 91.4 cm³/mol. The lowest BCUT2D eigenvalue weighted by atomic mass is 10.0. The van der Waals surface area contributed by atoms with Crippen molar-refractivity contribution in [2.45, 2.75) is 18.9 Å². The molecule has 8 heteroatoms. The van der Waals surface area contributed by atoms with E-state index in [1.54, 1.807) is 29.2 Å². The van der Waals surface area contributed by atoms with Gasteiger partial charge in [0.15, 0.2) is 0 Å². The first-order valence-electron chi connectivity index (χ1n) is 7.98. The van der Waals surface area contributed by atoms with Gasteiger partial charge in [0, 0.05) is 19.1 Å². The van der Waals surface area contributed by atoms with E-state index in [1.165, 1.54) is 12.0 Å². The van der Waals surface area contributed by atoms with Crippen LogP contribution in [0.3, 0.4) is 0 Å². The van der Waals surface area contributed by atoms with Crippen molar-refractivity contribution in [1.29, 1.82) is 0 Å². The molecule has 1 aromatic carbocycles. The van der Waals surface area contributed by atoms with E-state index >= 15 is 0 Å². The van der Waals surface area contributed by atoms with E-state index in [0.29, 0.717) is 31.5 Å². The first-order valence-corrected chi connectivity index (χ1v) is 8.97. The number of amides is 3. The topological polar surface area (TPSA) is 84.0 Å². The van der Waals surface area contributed by atoms with E-state index in [2.05, 4.69) is 0 Å². The van der Waals surface area contributed by atoms with Crippen molar-refractivity contribution >= 4 is 34.8 Å². The van der Waals surface area contributed by atoms with Crippen molar-refractivity contribution in [3.8, 4) is 0 Å². The van der Waals surface area contributed by atoms with Gasteiger partial charge in [-0.1, -0.05) is 23.9 Å². The van der Waals surface area contributed by atoms with Crippen molar-refractivity contribution in [3.63, 3.8) is 0 Å². The largest absolute Gasteiger partial charge is 0.465 e. The van der Waals surface area contributed by atoms with Gasteiger partial charge in [0.05, 0.1) is 24.0 Å². The number of esters is 1. The molecule has 2 aliphatic heterocycles. The third-order valence-corrected chi connectivity index (χ3v) is 5.30. The molecule has 0 N–H and O–H groups in total. The van der Waals surface area contributed by atoms with E-state index in [9.17, 15) is 19.2 Å². The zero-order chi connectivity index (χ0) is 18.0. The van der Waals surface area contributed by atoms with E-state index in [-0.39, 0.29) is 34.4 Å². The quantitative estimate of drug-likeness (QED) is 0.762. The average Bonchev–Trinajstić information content (AvgIpc) is 2.99. The molecule has 2 aliphatic rings. The smallest absolute Gasteiger partial charge is 0.338 e. The maximum atomic E-state index is 12.8. The summed E-state index contributed by atoms with van der Waals surface area (Å²) in [6.45, 7) is 0.863. The highest BCUT2D eigenvalue weighted by Crippen LogP contribution is 2.27. The van der Waals surface area contributed by atoms with Crippen molar-refractivity contribution in [2.24, 2.45) is 0 Å². The number of imide groups is 1. The van der Waals surface area contributed by atoms with Crippen LogP contribution in [-0.2, 0) is 9.53 Å². The van der Waals surface area contributed by atoms with Gasteiger partial charge in [0.2, 0.25) is 5.91 Å². The van der Waals surface area contributed by atoms with Crippen LogP contribution >= 0.6 is 11.8 Å². The van der Waals surface area contributed by atoms with Crippen LogP contribution in [0.25, 0.3) is 0 Å². The average molecular weight is 362 g/mol. The van der Waals surface area contributed by atoms with Gasteiger partial charge in [-0.15, -0.1) is 0 Å². The second kappa shape index (κ2) is 7.26. The Labute approximate surface area is 149 Å². The number of thioether (sulfide) groups is 1. The lowest BCUT2D eigenvalue weighted by molar-refractivity contribution is -0.126. The highest BCUT2D eigenvalue weighted by Gasteiger charge is 2.38. The summed E-state index contributed by atoms with van der Waals surface area (Å²) in [5.74, 6) is -0.752. The highest BCUT2D eigenvalue weighted by atomic mass is 32.2. The number of benzene rings is 1. The lowest BCUT2D eigenvalue weighted by Crippen LogP contribution is -2.48. The number of piperidine rings is 1. The van der Waals surface area contributed by atoms with Crippen LogP contribution < -0.4 is 0 Å².